The molecule has 1 aromatic carbocycles. The van der Waals surface area contributed by atoms with Gasteiger partial charge in [0.05, 0.1) is 4.92 Å². The summed E-state index contributed by atoms with van der Waals surface area (Å²) in [6, 6.07) is 6.95. The van der Waals surface area contributed by atoms with Crippen LogP contribution in [0.4, 0.5) is 5.69 Å². The van der Waals surface area contributed by atoms with Crippen molar-refractivity contribution >= 4 is 5.69 Å². The molecule has 0 spiro atoms. The molecule has 5 nitrogen and oxygen atoms in total. The van der Waals surface area contributed by atoms with Crippen molar-refractivity contribution in [2.75, 3.05) is 6.61 Å². The zero-order valence-corrected chi connectivity index (χ0v) is 13.3. The molecule has 2 N–H and O–H groups in total. The van der Waals surface area contributed by atoms with Crippen LogP contribution < -0.4 is 5.32 Å². The number of nitrogens with zero attached hydrogens (tertiary/aromatic N) is 1. The van der Waals surface area contributed by atoms with E-state index in [1.807, 2.05) is 6.07 Å². The Hall–Kier alpha value is -1.46. The maximum absolute atomic E-state index is 10.9. The lowest BCUT2D eigenvalue weighted by Gasteiger charge is -2.34. The number of rotatable bonds is 7. The maximum Gasteiger partial charge on any atom is 0.269 e. The van der Waals surface area contributed by atoms with Crippen LogP contribution in [0.2, 0.25) is 0 Å². The Morgan fingerprint density at radius 1 is 1.38 bits per heavy atom. The van der Waals surface area contributed by atoms with E-state index in [1.54, 1.807) is 12.1 Å². The summed E-state index contributed by atoms with van der Waals surface area (Å²) >= 11 is 0. The molecule has 21 heavy (non-hydrogen) atoms. The van der Waals surface area contributed by atoms with E-state index < -0.39 is 0 Å². The van der Waals surface area contributed by atoms with Crippen molar-refractivity contribution in [3.8, 4) is 0 Å². The van der Waals surface area contributed by atoms with Crippen LogP contribution >= 0.6 is 0 Å². The first-order valence-electron chi connectivity index (χ1n) is 7.40. The number of non-ortho nitro benzene ring substituents is 1. The average Bonchev–Trinajstić information content (AvgIpc) is 2.42. The standard InChI is InChI=1S/C16H26N2O3/c1-5-14(17-15(9-10-19)16(2,3)4)12-7-6-8-13(11-12)18(20)21/h6-8,11,14-15,17,19H,5,9-10H2,1-4H3. The fraction of sp³-hybridized carbons (Fsp3) is 0.625. The van der Waals surface area contributed by atoms with E-state index in [0.717, 1.165) is 12.0 Å². The second kappa shape index (κ2) is 7.52. The molecule has 0 aromatic heterocycles. The number of nitrogens with one attached hydrogen (secondary N) is 1. The Kier molecular flexibility index (Phi) is 6.30. The predicted molar refractivity (Wildman–Crippen MR) is 84.2 cm³/mol. The molecule has 0 heterocycles. The van der Waals surface area contributed by atoms with Crippen LogP contribution in [0.15, 0.2) is 24.3 Å². The first-order valence-corrected chi connectivity index (χ1v) is 7.40. The molecule has 2 unspecified atom stereocenters. The van der Waals surface area contributed by atoms with E-state index in [1.165, 1.54) is 6.07 Å². The lowest BCUT2D eigenvalue weighted by Crippen LogP contribution is -2.42. The molecule has 0 bridgehead atoms. The van der Waals surface area contributed by atoms with E-state index in [0.29, 0.717) is 6.42 Å². The van der Waals surface area contributed by atoms with Crippen LogP contribution in [0.1, 0.15) is 52.1 Å². The minimum Gasteiger partial charge on any atom is -0.396 e. The van der Waals surface area contributed by atoms with Crippen LogP contribution in [-0.2, 0) is 0 Å². The number of benzene rings is 1. The summed E-state index contributed by atoms with van der Waals surface area (Å²) in [5, 5.41) is 23.7. The molecule has 0 saturated carbocycles. The van der Waals surface area contributed by atoms with Crippen molar-refractivity contribution in [3.63, 3.8) is 0 Å². The average molecular weight is 294 g/mol. The highest BCUT2D eigenvalue weighted by Gasteiger charge is 2.26. The summed E-state index contributed by atoms with van der Waals surface area (Å²) in [5.41, 5.74) is 1.04. The molecule has 1 rings (SSSR count). The van der Waals surface area contributed by atoms with Gasteiger partial charge in [-0.3, -0.25) is 10.1 Å². The number of hydrogen-bond donors (Lipinski definition) is 2. The highest BCUT2D eigenvalue weighted by Crippen LogP contribution is 2.27. The first-order chi connectivity index (χ1) is 9.79. The molecule has 0 saturated heterocycles. The summed E-state index contributed by atoms with van der Waals surface area (Å²) in [6.45, 7) is 8.55. The Morgan fingerprint density at radius 2 is 2.05 bits per heavy atom. The van der Waals surface area contributed by atoms with Crippen molar-refractivity contribution < 1.29 is 10.0 Å². The van der Waals surface area contributed by atoms with Gasteiger partial charge in [0, 0.05) is 30.8 Å². The fourth-order valence-electron chi connectivity index (χ4n) is 2.44. The Morgan fingerprint density at radius 3 is 2.52 bits per heavy atom. The van der Waals surface area contributed by atoms with Crippen molar-refractivity contribution in [1.82, 2.24) is 5.32 Å². The number of nitro benzene ring substituents is 1. The quantitative estimate of drug-likeness (QED) is 0.596. The molecule has 0 aliphatic carbocycles. The fourth-order valence-corrected chi connectivity index (χ4v) is 2.44. The van der Waals surface area contributed by atoms with Gasteiger partial charge in [0.2, 0.25) is 0 Å². The second-order valence-electron chi connectivity index (χ2n) is 6.41. The third-order valence-electron chi connectivity index (χ3n) is 3.76. The highest BCUT2D eigenvalue weighted by atomic mass is 16.6. The zero-order valence-electron chi connectivity index (χ0n) is 13.3. The monoisotopic (exact) mass is 294 g/mol. The molecule has 118 valence electrons. The second-order valence-corrected chi connectivity index (χ2v) is 6.41. The van der Waals surface area contributed by atoms with Crippen LogP contribution in [0, 0.1) is 15.5 Å². The summed E-state index contributed by atoms with van der Waals surface area (Å²) < 4.78 is 0. The Bertz CT molecular complexity index is 469. The molecule has 5 heteroatoms. The van der Waals surface area contributed by atoms with Gasteiger partial charge >= 0.3 is 0 Å². The van der Waals surface area contributed by atoms with Gasteiger partial charge in [0.1, 0.15) is 0 Å². The van der Waals surface area contributed by atoms with Gasteiger partial charge in [-0.1, -0.05) is 39.8 Å². The van der Waals surface area contributed by atoms with E-state index in [9.17, 15) is 15.2 Å². The van der Waals surface area contributed by atoms with Crippen molar-refractivity contribution in [3.05, 3.63) is 39.9 Å². The van der Waals surface area contributed by atoms with E-state index >= 15 is 0 Å². The number of aliphatic hydroxyl groups excluding tert-OH is 1. The number of nitro groups is 1. The first kappa shape index (κ1) is 17.6. The molecule has 0 amide bonds. The van der Waals surface area contributed by atoms with Gasteiger partial charge in [0.15, 0.2) is 0 Å². The lowest BCUT2D eigenvalue weighted by molar-refractivity contribution is -0.384. The Labute approximate surface area is 126 Å². The van der Waals surface area contributed by atoms with E-state index in [2.05, 4.69) is 33.0 Å². The minimum absolute atomic E-state index is 0.0108. The molecule has 0 aliphatic rings. The Balaban J connectivity index is 2.96. The summed E-state index contributed by atoms with van der Waals surface area (Å²) in [5.74, 6) is 0. The van der Waals surface area contributed by atoms with Gasteiger partial charge in [0.25, 0.3) is 5.69 Å². The van der Waals surface area contributed by atoms with Crippen LogP contribution in [0.25, 0.3) is 0 Å². The SMILES string of the molecule is CCC(NC(CCO)C(C)(C)C)c1cccc([N+](=O)[O-])c1. The molecule has 2 atom stereocenters. The normalized spacial score (nSPS) is 14.7. The van der Waals surface area contributed by atoms with E-state index in [-0.39, 0.29) is 34.7 Å². The highest BCUT2D eigenvalue weighted by molar-refractivity contribution is 5.35. The third kappa shape index (κ3) is 5.10. The van der Waals surface area contributed by atoms with Crippen molar-refractivity contribution in [2.45, 2.75) is 52.6 Å². The molecule has 0 aliphatic heterocycles. The van der Waals surface area contributed by atoms with Gasteiger partial charge < -0.3 is 10.4 Å². The predicted octanol–water partition coefficient (Wildman–Crippen LogP) is 3.43. The smallest absolute Gasteiger partial charge is 0.269 e. The topological polar surface area (TPSA) is 75.4 Å². The molecular weight excluding hydrogens is 268 g/mol. The summed E-state index contributed by atoms with van der Waals surface area (Å²) in [4.78, 5) is 10.5. The van der Waals surface area contributed by atoms with Gasteiger partial charge in [-0.2, -0.15) is 0 Å². The largest absolute Gasteiger partial charge is 0.396 e. The third-order valence-corrected chi connectivity index (χ3v) is 3.76. The molecule has 1 aromatic rings. The minimum atomic E-state index is -0.370. The molecule has 0 radical (unpaired) electrons. The van der Waals surface area contributed by atoms with Crippen LogP contribution in [0.5, 0.6) is 0 Å². The molecule has 0 fully saturated rings. The molecular formula is C16H26N2O3. The maximum atomic E-state index is 10.9. The van der Waals surface area contributed by atoms with Crippen molar-refractivity contribution in [2.24, 2.45) is 5.41 Å². The summed E-state index contributed by atoms with van der Waals surface area (Å²) in [6.07, 6.45) is 1.49. The number of aliphatic hydroxyl groups is 1. The van der Waals surface area contributed by atoms with Crippen LogP contribution in [-0.4, -0.2) is 22.7 Å². The van der Waals surface area contributed by atoms with Crippen LogP contribution in [0.3, 0.4) is 0 Å². The van der Waals surface area contributed by atoms with Gasteiger partial charge in [-0.25, -0.2) is 0 Å². The van der Waals surface area contributed by atoms with Gasteiger partial charge in [-0.05, 0) is 23.8 Å². The summed E-state index contributed by atoms with van der Waals surface area (Å²) in [7, 11) is 0. The zero-order chi connectivity index (χ0) is 16.0. The van der Waals surface area contributed by atoms with E-state index in [4.69, 9.17) is 0 Å². The lowest BCUT2D eigenvalue weighted by atomic mass is 9.84. The van der Waals surface area contributed by atoms with Gasteiger partial charge in [-0.15, -0.1) is 0 Å². The number of hydrogen-bond acceptors (Lipinski definition) is 4. The van der Waals surface area contributed by atoms with Crippen molar-refractivity contribution in [1.29, 1.82) is 0 Å².